The molecular formula is C15H16FN3O2. The van der Waals surface area contributed by atoms with E-state index in [4.69, 9.17) is 10.6 Å². The smallest absolute Gasteiger partial charge is 0.255 e. The first kappa shape index (κ1) is 14.8. The van der Waals surface area contributed by atoms with E-state index in [9.17, 15) is 9.18 Å². The van der Waals surface area contributed by atoms with Crippen LogP contribution in [0.3, 0.4) is 0 Å². The molecule has 0 saturated heterocycles. The Morgan fingerprint density at radius 2 is 1.86 bits per heavy atom. The Hall–Kier alpha value is -2.60. The fourth-order valence-corrected chi connectivity index (χ4v) is 1.77. The minimum Gasteiger partial charge on any atom is -0.491 e. The Morgan fingerprint density at radius 3 is 2.43 bits per heavy atom. The number of nitrogens with two attached hydrogens (primary N) is 1. The van der Waals surface area contributed by atoms with Gasteiger partial charge in [-0.15, -0.1) is 0 Å². The number of halogens is 1. The molecule has 4 N–H and O–H groups in total. The quantitative estimate of drug-likeness (QED) is 0.584. The van der Waals surface area contributed by atoms with Crippen LogP contribution in [0.2, 0.25) is 0 Å². The third-order valence-electron chi connectivity index (χ3n) is 2.80. The number of anilines is 2. The van der Waals surface area contributed by atoms with Gasteiger partial charge in [-0.05, 0) is 43.3 Å². The predicted molar refractivity (Wildman–Crippen MR) is 79.8 cm³/mol. The van der Waals surface area contributed by atoms with Crippen molar-refractivity contribution in [2.75, 3.05) is 17.3 Å². The summed E-state index contributed by atoms with van der Waals surface area (Å²) < 4.78 is 18.8. The first-order valence-electron chi connectivity index (χ1n) is 6.44. The summed E-state index contributed by atoms with van der Waals surface area (Å²) in [4.78, 5) is 12.0. The van der Waals surface area contributed by atoms with E-state index in [1.807, 2.05) is 0 Å². The topological polar surface area (TPSA) is 76.4 Å². The second-order valence-electron chi connectivity index (χ2n) is 4.25. The second kappa shape index (κ2) is 6.71. The van der Waals surface area contributed by atoms with Gasteiger partial charge in [-0.2, -0.15) is 0 Å². The van der Waals surface area contributed by atoms with Crippen LogP contribution < -0.4 is 21.3 Å². The number of rotatable bonds is 5. The lowest BCUT2D eigenvalue weighted by Crippen LogP contribution is -2.12. The van der Waals surface area contributed by atoms with Crippen molar-refractivity contribution in [3.8, 4) is 5.75 Å². The number of hydrogen-bond acceptors (Lipinski definition) is 4. The molecule has 0 saturated carbocycles. The zero-order valence-corrected chi connectivity index (χ0v) is 11.5. The molecule has 0 aliphatic rings. The maximum atomic E-state index is 13.7. The standard InChI is InChI=1S/C15H16FN3O2/c1-2-21-14-8-7-12(9-13(14)16)18-15(20)10-3-5-11(19-17)6-4-10/h3-9,19H,2,17H2,1H3,(H,18,20). The van der Waals surface area contributed by atoms with Crippen molar-refractivity contribution in [2.24, 2.45) is 5.84 Å². The molecule has 2 aromatic rings. The molecule has 6 heteroatoms. The van der Waals surface area contributed by atoms with Crippen molar-refractivity contribution >= 4 is 17.3 Å². The number of amides is 1. The largest absolute Gasteiger partial charge is 0.491 e. The Labute approximate surface area is 121 Å². The van der Waals surface area contributed by atoms with E-state index in [0.29, 0.717) is 23.5 Å². The van der Waals surface area contributed by atoms with E-state index < -0.39 is 5.82 Å². The van der Waals surface area contributed by atoms with Crippen molar-refractivity contribution in [3.63, 3.8) is 0 Å². The molecule has 1 amide bonds. The maximum absolute atomic E-state index is 13.7. The van der Waals surface area contributed by atoms with Crippen LogP contribution in [0.15, 0.2) is 42.5 Å². The molecule has 0 fully saturated rings. The molecule has 110 valence electrons. The number of hydrogen-bond donors (Lipinski definition) is 3. The van der Waals surface area contributed by atoms with Crippen molar-refractivity contribution in [2.45, 2.75) is 6.92 Å². The minimum atomic E-state index is -0.516. The highest BCUT2D eigenvalue weighted by Gasteiger charge is 2.09. The molecule has 0 heterocycles. The summed E-state index contributed by atoms with van der Waals surface area (Å²) in [5.41, 5.74) is 3.98. The fourth-order valence-electron chi connectivity index (χ4n) is 1.77. The number of carbonyl (C=O) groups excluding carboxylic acids is 1. The number of benzene rings is 2. The minimum absolute atomic E-state index is 0.161. The molecule has 5 nitrogen and oxygen atoms in total. The van der Waals surface area contributed by atoms with Crippen LogP contribution in [0.4, 0.5) is 15.8 Å². The van der Waals surface area contributed by atoms with E-state index in [1.54, 1.807) is 37.3 Å². The van der Waals surface area contributed by atoms with Crippen LogP contribution in [-0.2, 0) is 0 Å². The van der Waals surface area contributed by atoms with Gasteiger partial charge in [0, 0.05) is 23.0 Å². The van der Waals surface area contributed by atoms with Crippen LogP contribution in [0, 0.1) is 5.82 Å². The van der Waals surface area contributed by atoms with Crippen LogP contribution in [0.1, 0.15) is 17.3 Å². The summed E-state index contributed by atoms with van der Waals surface area (Å²) in [5.74, 6) is 4.56. The molecule has 21 heavy (non-hydrogen) atoms. The van der Waals surface area contributed by atoms with E-state index in [0.717, 1.165) is 0 Å². The van der Waals surface area contributed by atoms with Gasteiger partial charge in [-0.3, -0.25) is 10.6 Å². The van der Waals surface area contributed by atoms with Gasteiger partial charge < -0.3 is 15.5 Å². The zero-order valence-electron chi connectivity index (χ0n) is 11.5. The van der Waals surface area contributed by atoms with Crippen molar-refractivity contribution in [3.05, 3.63) is 53.8 Å². The SMILES string of the molecule is CCOc1ccc(NC(=O)c2ccc(NN)cc2)cc1F. The lowest BCUT2D eigenvalue weighted by Gasteiger charge is -2.09. The monoisotopic (exact) mass is 289 g/mol. The highest BCUT2D eigenvalue weighted by molar-refractivity contribution is 6.04. The highest BCUT2D eigenvalue weighted by Crippen LogP contribution is 2.21. The molecular weight excluding hydrogens is 273 g/mol. The summed E-state index contributed by atoms with van der Waals surface area (Å²) in [7, 11) is 0. The second-order valence-corrected chi connectivity index (χ2v) is 4.25. The van der Waals surface area contributed by atoms with Crippen LogP contribution in [0.25, 0.3) is 0 Å². The van der Waals surface area contributed by atoms with Crippen LogP contribution in [0.5, 0.6) is 5.75 Å². The van der Waals surface area contributed by atoms with Gasteiger partial charge in [0.25, 0.3) is 5.91 Å². The molecule has 0 spiro atoms. The third kappa shape index (κ3) is 3.70. The van der Waals surface area contributed by atoms with Crippen LogP contribution >= 0.6 is 0 Å². The Morgan fingerprint density at radius 1 is 1.19 bits per heavy atom. The molecule has 0 aliphatic heterocycles. The predicted octanol–water partition coefficient (Wildman–Crippen LogP) is 2.76. The van der Waals surface area contributed by atoms with Gasteiger partial charge in [-0.1, -0.05) is 0 Å². The maximum Gasteiger partial charge on any atom is 0.255 e. The molecule has 0 atom stereocenters. The van der Waals surface area contributed by atoms with E-state index in [2.05, 4.69) is 10.7 Å². The summed E-state index contributed by atoms with van der Waals surface area (Å²) in [6, 6.07) is 10.9. The lowest BCUT2D eigenvalue weighted by atomic mass is 10.2. The van der Waals surface area contributed by atoms with E-state index in [-0.39, 0.29) is 11.7 Å². The van der Waals surface area contributed by atoms with Gasteiger partial charge in [0.15, 0.2) is 11.6 Å². The summed E-state index contributed by atoms with van der Waals surface area (Å²) in [6.45, 7) is 2.15. The summed E-state index contributed by atoms with van der Waals surface area (Å²) >= 11 is 0. The molecule has 0 aromatic heterocycles. The first-order chi connectivity index (χ1) is 10.1. The van der Waals surface area contributed by atoms with Crippen molar-refractivity contribution in [1.82, 2.24) is 0 Å². The van der Waals surface area contributed by atoms with E-state index in [1.165, 1.54) is 12.1 Å². The average molecular weight is 289 g/mol. The Bertz CT molecular complexity index is 629. The van der Waals surface area contributed by atoms with Gasteiger partial charge in [-0.25, -0.2) is 4.39 Å². The number of nitrogens with one attached hydrogen (secondary N) is 2. The molecule has 0 bridgehead atoms. The fraction of sp³-hybridized carbons (Fsp3) is 0.133. The number of hydrazine groups is 1. The number of ether oxygens (including phenoxy) is 1. The summed E-state index contributed by atoms with van der Waals surface area (Å²) in [6.07, 6.45) is 0. The summed E-state index contributed by atoms with van der Waals surface area (Å²) in [5, 5.41) is 2.62. The van der Waals surface area contributed by atoms with Crippen molar-refractivity contribution < 1.29 is 13.9 Å². The van der Waals surface area contributed by atoms with Gasteiger partial charge in [0.2, 0.25) is 0 Å². The molecule has 0 aliphatic carbocycles. The average Bonchev–Trinajstić information content (AvgIpc) is 2.50. The Balaban J connectivity index is 2.09. The first-order valence-corrected chi connectivity index (χ1v) is 6.44. The Kier molecular flexibility index (Phi) is 4.73. The van der Waals surface area contributed by atoms with E-state index >= 15 is 0 Å². The van der Waals surface area contributed by atoms with Crippen LogP contribution in [-0.4, -0.2) is 12.5 Å². The molecule has 2 aromatic carbocycles. The normalized spacial score (nSPS) is 10.0. The molecule has 2 rings (SSSR count). The van der Waals surface area contributed by atoms with Gasteiger partial charge in [0.05, 0.1) is 6.61 Å². The third-order valence-corrected chi connectivity index (χ3v) is 2.80. The zero-order chi connectivity index (χ0) is 15.2. The lowest BCUT2D eigenvalue weighted by molar-refractivity contribution is 0.102. The molecule has 0 radical (unpaired) electrons. The number of nitrogen functional groups attached to an aromatic ring is 1. The van der Waals surface area contributed by atoms with Gasteiger partial charge >= 0.3 is 0 Å². The molecule has 0 unspecified atom stereocenters. The number of carbonyl (C=O) groups is 1. The van der Waals surface area contributed by atoms with Crippen molar-refractivity contribution in [1.29, 1.82) is 0 Å². The van der Waals surface area contributed by atoms with Gasteiger partial charge in [0.1, 0.15) is 0 Å². The highest BCUT2D eigenvalue weighted by atomic mass is 19.1.